The standard InChI is InChI=1S/C14H19NO4/c1-4-18-9-13(16)19-11(3)14(17)15-12-7-5-6-10(2)8-12/h5-8,11H,4,9H2,1-3H3,(H,15,17). The molecule has 0 aliphatic heterocycles. The third kappa shape index (κ3) is 5.52. The van der Waals surface area contributed by atoms with Crippen LogP contribution in [0.15, 0.2) is 24.3 Å². The van der Waals surface area contributed by atoms with Gasteiger partial charge in [0.2, 0.25) is 0 Å². The van der Waals surface area contributed by atoms with E-state index in [2.05, 4.69) is 5.32 Å². The Hall–Kier alpha value is -1.88. The topological polar surface area (TPSA) is 64.6 Å². The van der Waals surface area contributed by atoms with Gasteiger partial charge in [0.1, 0.15) is 6.61 Å². The van der Waals surface area contributed by atoms with E-state index in [0.717, 1.165) is 5.56 Å². The minimum Gasteiger partial charge on any atom is -0.451 e. The van der Waals surface area contributed by atoms with Crippen molar-refractivity contribution in [3.05, 3.63) is 29.8 Å². The molecule has 0 aromatic heterocycles. The summed E-state index contributed by atoms with van der Waals surface area (Å²) in [6.07, 6.45) is -0.853. The summed E-state index contributed by atoms with van der Waals surface area (Å²) in [6, 6.07) is 7.39. The summed E-state index contributed by atoms with van der Waals surface area (Å²) in [6.45, 7) is 5.52. The first-order chi connectivity index (χ1) is 9.02. The molecule has 19 heavy (non-hydrogen) atoms. The molecule has 104 valence electrons. The third-order valence-corrected chi connectivity index (χ3v) is 2.39. The van der Waals surface area contributed by atoms with Gasteiger partial charge in [-0.3, -0.25) is 4.79 Å². The van der Waals surface area contributed by atoms with E-state index >= 15 is 0 Å². The average molecular weight is 265 g/mol. The van der Waals surface area contributed by atoms with Crippen LogP contribution in [0.2, 0.25) is 0 Å². The predicted octanol–water partition coefficient (Wildman–Crippen LogP) is 1.90. The molecule has 0 aliphatic rings. The molecule has 0 spiro atoms. The number of aryl methyl sites for hydroxylation is 1. The van der Waals surface area contributed by atoms with Gasteiger partial charge in [0, 0.05) is 12.3 Å². The lowest BCUT2D eigenvalue weighted by atomic mass is 10.2. The molecular formula is C14H19NO4. The van der Waals surface area contributed by atoms with Gasteiger partial charge in [-0.1, -0.05) is 12.1 Å². The van der Waals surface area contributed by atoms with Crippen LogP contribution in [0.5, 0.6) is 0 Å². The van der Waals surface area contributed by atoms with Crippen LogP contribution < -0.4 is 5.32 Å². The van der Waals surface area contributed by atoms with Crippen LogP contribution in [0.1, 0.15) is 19.4 Å². The Balaban J connectivity index is 2.46. The Kier molecular flexibility index (Phi) is 6.02. The van der Waals surface area contributed by atoms with E-state index < -0.39 is 12.1 Å². The molecule has 0 saturated heterocycles. The van der Waals surface area contributed by atoms with Gasteiger partial charge < -0.3 is 14.8 Å². The number of hydrogen-bond acceptors (Lipinski definition) is 4. The van der Waals surface area contributed by atoms with E-state index in [-0.39, 0.29) is 12.5 Å². The number of ether oxygens (including phenoxy) is 2. The van der Waals surface area contributed by atoms with E-state index in [1.807, 2.05) is 25.1 Å². The monoisotopic (exact) mass is 265 g/mol. The first-order valence-electron chi connectivity index (χ1n) is 6.17. The van der Waals surface area contributed by atoms with Crippen molar-refractivity contribution in [2.45, 2.75) is 26.9 Å². The van der Waals surface area contributed by atoms with Gasteiger partial charge in [-0.05, 0) is 38.5 Å². The van der Waals surface area contributed by atoms with Crippen molar-refractivity contribution in [1.82, 2.24) is 0 Å². The number of rotatable bonds is 6. The number of benzene rings is 1. The summed E-state index contributed by atoms with van der Waals surface area (Å²) in [5, 5.41) is 2.69. The van der Waals surface area contributed by atoms with Crippen LogP contribution in [0.4, 0.5) is 5.69 Å². The van der Waals surface area contributed by atoms with Crippen molar-refractivity contribution >= 4 is 17.6 Å². The van der Waals surface area contributed by atoms with Gasteiger partial charge in [0.05, 0.1) is 0 Å². The first-order valence-corrected chi connectivity index (χ1v) is 6.17. The highest BCUT2D eigenvalue weighted by molar-refractivity contribution is 5.95. The number of anilines is 1. The van der Waals surface area contributed by atoms with E-state index in [4.69, 9.17) is 9.47 Å². The molecule has 5 nitrogen and oxygen atoms in total. The summed E-state index contributed by atoms with van der Waals surface area (Å²) in [5.74, 6) is -0.913. The fraction of sp³-hybridized carbons (Fsp3) is 0.429. The van der Waals surface area contributed by atoms with Crippen LogP contribution in [0, 0.1) is 6.92 Å². The molecule has 5 heteroatoms. The van der Waals surface area contributed by atoms with E-state index in [1.54, 1.807) is 13.0 Å². The smallest absolute Gasteiger partial charge is 0.332 e. The maximum absolute atomic E-state index is 11.8. The molecule has 1 N–H and O–H groups in total. The number of esters is 1. The van der Waals surface area contributed by atoms with Gasteiger partial charge in [-0.25, -0.2) is 4.79 Å². The Morgan fingerprint density at radius 3 is 2.74 bits per heavy atom. The van der Waals surface area contributed by atoms with Crippen molar-refractivity contribution in [2.24, 2.45) is 0 Å². The lowest BCUT2D eigenvalue weighted by Gasteiger charge is -2.13. The van der Waals surface area contributed by atoms with Crippen molar-refractivity contribution in [1.29, 1.82) is 0 Å². The van der Waals surface area contributed by atoms with Gasteiger partial charge >= 0.3 is 5.97 Å². The van der Waals surface area contributed by atoms with Crippen molar-refractivity contribution < 1.29 is 19.1 Å². The zero-order chi connectivity index (χ0) is 14.3. The number of nitrogens with one attached hydrogen (secondary N) is 1. The highest BCUT2D eigenvalue weighted by atomic mass is 16.6. The largest absolute Gasteiger partial charge is 0.451 e. The SMILES string of the molecule is CCOCC(=O)OC(C)C(=O)Nc1cccc(C)c1. The van der Waals surface area contributed by atoms with Gasteiger partial charge in [0.25, 0.3) is 5.91 Å². The van der Waals surface area contributed by atoms with E-state index in [0.29, 0.717) is 12.3 Å². The molecule has 0 fully saturated rings. The molecular weight excluding hydrogens is 246 g/mol. The first kappa shape index (κ1) is 15.2. The molecule has 1 atom stereocenters. The van der Waals surface area contributed by atoms with Gasteiger partial charge in [-0.15, -0.1) is 0 Å². The van der Waals surface area contributed by atoms with Crippen LogP contribution in [-0.4, -0.2) is 31.2 Å². The summed E-state index contributed by atoms with van der Waals surface area (Å²) >= 11 is 0. The molecule has 1 aromatic carbocycles. The molecule has 1 rings (SSSR count). The zero-order valence-corrected chi connectivity index (χ0v) is 11.4. The fourth-order valence-corrected chi connectivity index (χ4v) is 1.44. The number of hydrogen-bond donors (Lipinski definition) is 1. The van der Waals surface area contributed by atoms with Crippen LogP contribution in [-0.2, 0) is 19.1 Å². The normalized spacial score (nSPS) is 11.7. The van der Waals surface area contributed by atoms with Crippen LogP contribution in [0.25, 0.3) is 0 Å². The maximum Gasteiger partial charge on any atom is 0.332 e. The van der Waals surface area contributed by atoms with Crippen LogP contribution >= 0.6 is 0 Å². The fourth-order valence-electron chi connectivity index (χ4n) is 1.44. The molecule has 1 aromatic rings. The zero-order valence-electron chi connectivity index (χ0n) is 11.4. The van der Waals surface area contributed by atoms with Gasteiger partial charge in [0.15, 0.2) is 6.10 Å². The Bertz CT molecular complexity index is 445. The van der Waals surface area contributed by atoms with Crippen LogP contribution in [0.3, 0.4) is 0 Å². The molecule has 1 unspecified atom stereocenters. The Morgan fingerprint density at radius 2 is 2.11 bits per heavy atom. The average Bonchev–Trinajstić information content (AvgIpc) is 2.36. The Labute approximate surface area is 112 Å². The second-order valence-corrected chi connectivity index (χ2v) is 4.13. The molecule has 0 bridgehead atoms. The highest BCUT2D eigenvalue weighted by Gasteiger charge is 2.17. The van der Waals surface area contributed by atoms with Crippen molar-refractivity contribution in [3.63, 3.8) is 0 Å². The second kappa shape index (κ2) is 7.53. The Morgan fingerprint density at radius 1 is 1.37 bits per heavy atom. The summed E-state index contributed by atoms with van der Waals surface area (Å²) in [4.78, 5) is 23.1. The number of carbonyl (C=O) groups is 2. The minimum absolute atomic E-state index is 0.140. The third-order valence-electron chi connectivity index (χ3n) is 2.39. The summed E-state index contributed by atoms with van der Waals surface area (Å²) < 4.78 is 9.84. The highest BCUT2D eigenvalue weighted by Crippen LogP contribution is 2.10. The second-order valence-electron chi connectivity index (χ2n) is 4.13. The maximum atomic E-state index is 11.8. The number of carbonyl (C=O) groups excluding carboxylic acids is 2. The number of amides is 1. The lowest BCUT2D eigenvalue weighted by molar-refractivity contribution is -0.157. The van der Waals surface area contributed by atoms with Crippen molar-refractivity contribution in [2.75, 3.05) is 18.5 Å². The molecule has 0 saturated carbocycles. The molecule has 0 radical (unpaired) electrons. The quantitative estimate of drug-likeness (QED) is 0.798. The lowest BCUT2D eigenvalue weighted by Crippen LogP contribution is -2.31. The predicted molar refractivity (Wildman–Crippen MR) is 71.9 cm³/mol. The van der Waals surface area contributed by atoms with Crippen molar-refractivity contribution in [3.8, 4) is 0 Å². The molecule has 1 amide bonds. The van der Waals surface area contributed by atoms with Gasteiger partial charge in [-0.2, -0.15) is 0 Å². The van der Waals surface area contributed by atoms with E-state index in [9.17, 15) is 9.59 Å². The summed E-state index contributed by atoms with van der Waals surface area (Å²) in [5.41, 5.74) is 1.72. The van der Waals surface area contributed by atoms with E-state index in [1.165, 1.54) is 6.92 Å². The summed E-state index contributed by atoms with van der Waals surface area (Å²) in [7, 11) is 0. The molecule has 0 aliphatic carbocycles. The molecule has 0 heterocycles. The minimum atomic E-state index is -0.853.